The number of aromatic nitrogens is 3. The van der Waals surface area contributed by atoms with Gasteiger partial charge in [0.1, 0.15) is 17.5 Å². The first-order valence-electron chi connectivity index (χ1n) is 10.9. The maximum Gasteiger partial charge on any atom is 0.405 e. The summed E-state index contributed by atoms with van der Waals surface area (Å²) in [5.74, 6) is 0.853. The van der Waals surface area contributed by atoms with Gasteiger partial charge >= 0.3 is 6.09 Å². The van der Waals surface area contributed by atoms with Gasteiger partial charge in [-0.2, -0.15) is 10.4 Å². The minimum Gasteiger partial charge on any atom is -0.465 e. The van der Waals surface area contributed by atoms with E-state index < -0.39 is 11.6 Å². The Labute approximate surface area is 201 Å². The molecule has 1 aliphatic rings. The summed E-state index contributed by atoms with van der Waals surface area (Å²) in [4.78, 5) is 17.9. The fraction of sp³-hybridized carbons (Fsp3) is 0.417. The van der Waals surface area contributed by atoms with E-state index >= 15 is 0 Å². The van der Waals surface area contributed by atoms with Crippen molar-refractivity contribution in [1.29, 1.82) is 5.26 Å². The monoisotopic (exact) mass is 510 g/mol. The van der Waals surface area contributed by atoms with Gasteiger partial charge in [-0.1, -0.05) is 20.8 Å². The van der Waals surface area contributed by atoms with Crippen LogP contribution in [0.2, 0.25) is 0 Å². The second-order valence-electron chi connectivity index (χ2n) is 9.83. The van der Waals surface area contributed by atoms with Gasteiger partial charge in [-0.25, -0.2) is 14.3 Å². The van der Waals surface area contributed by atoms with E-state index in [0.717, 1.165) is 45.7 Å². The van der Waals surface area contributed by atoms with E-state index in [9.17, 15) is 10.1 Å². The summed E-state index contributed by atoms with van der Waals surface area (Å²) in [5, 5.41) is 26.4. The number of hydrogen-bond donors (Lipinski definition) is 2. The zero-order valence-electron chi connectivity index (χ0n) is 19.2. The largest absolute Gasteiger partial charge is 0.465 e. The Morgan fingerprint density at radius 1 is 1.30 bits per heavy atom. The Balaban J connectivity index is 1.66. The van der Waals surface area contributed by atoms with Crippen molar-refractivity contribution in [3.05, 3.63) is 46.3 Å². The standard InChI is InChI=1S/C24H27BrN6O2/c1-23(2,3)21-18(12-26)20-17(11-16(25)14-31(20)29-21)15-5-6-19(27-13-15)30-9-7-24(4,8-10-30)28-22(32)33/h5-6,11,13-14,28H,7-10H2,1-4H3,(H,32,33). The first-order chi connectivity index (χ1) is 15.5. The van der Waals surface area contributed by atoms with Crippen LogP contribution in [0.4, 0.5) is 10.6 Å². The van der Waals surface area contributed by atoms with Gasteiger partial charge in [0.15, 0.2) is 0 Å². The van der Waals surface area contributed by atoms with Crippen molar-refractivity contribution >= 4 is 33.4 Å². The minimum absolute atomic E-state index is 0.263. The number of anilines is 1. The second-order valence-corrected chi connectivity index (χ2v) is 10.7. The van der Waals surface area contributed by atoms with Crippen LogP contribution in [0.15, 0.2) is 35.1 Å². The fourth-order valence-electron chi connectivity index (χ4n) is 4.34. The van der Waals surface area contributed by atoms with Crippen molar-refractivity contribution in [3.8, 4) is 17.2 Å². The number of hydrogen-bond acceptors (Lipinski definition) is 5. The van der Waals surface area contributed by atoms with Crippen LogP contribution in [0, 0.1) is 11.3 Å². The number of nitrogens with zero attached hydrogens (tertiary/aromatic N) is 5. The van der Waals surface area contributed by atoms with E-state index in [4.69, 9.17) is 15.2 Å². The minimum atomic E-state index is -0.986. The quantitative estimate of drug-likeness (QED) is 0.515. The molecular weight excluding hydrogens is 484 g/mol. The first kappa shape index (κ1) is 23.1. The molecule has 0 aromatic carbocycles. The highest BCUT2D eigenvalue weighted by molar-refractivity contribution is 9.10. The summed E-state index contributed by atoms with van der Waals surface area (Å²) < 4.78 is 2.63. The van der Waals surface area contributed by atoms with Gasteiger partial charge in [-0.15, -0.1) is 0 Å². The highest BCUT2D eigenvalue weighted by atomic mass is 79.9. The molecule has 33 heavy (non-hydrogen) atoms. The summed E-state index contributed by atoms with van der Waals surface area (Å²) in [6, 6.07) is 8.35. The van der Waals surface area contributed by atoms with Gasteiger partial charge in [0.2, 0.25) is 0 Å². The topological polar surface area (TPSA) is 107 Å². The lowest BCUT2D eigenvalue weighted by atomic mass is 9.88. The van der Waals surface area contributed by atoms with Crippen LogP contribution >= 0.6 is 15.9 Å². The Hall–Kier alpha value is -3.12. The molecule has 1 amide bonds. The Morgan fingerprint density at radius 3 is 2.55 bits per heavy atom. The Bertz CT molecular complexity index is 1250. The number of nitrogens with one attached hydrogen (secondary N) is 1. The molecule has 1 aliphatic heterocycles. The Morgan fingerprint density at radius 2 is 2.00 bits per heavy atom. The third kappa shape index (κ3) is 4.53. The molecule has 0 radical (unpaired) electrons. The predicted octanol–water partition coefficient (Wildman–Crippen LogP) is 4.95. The zero-order chi connectivity index (χ0) is 24.0. The van der Waals surface area contributed by atoms with E-state index in [2.05, 4.69) is 53.0 Å². The molecule has 172 valence electrons. The number of rotatable bonds is 3. The van der Waals surface area contributed by atoms with E-state index in [-0.39, 0.29) is 5.41 Å². The highest BCUT2D eigenvalue weighted by Crippen LogP contribution is 2.35. The van der Waals surface area contributed by atoms with Gasteiger partial charge in [0.05, 0.1) is 11.2 Å². The smallest absolute Gasteiger partial charge is 0.405 e. The molecule has 0 bridgehead atoms. The molecule has 0 aliphatic carbocycles. The normalized spacial score (nSPS) is 15.9. The second kappa shape index (κ2) is 8.34. The lowest BCUT2D eigenvalue weighted by Gasteiger charge is -2.39. The van der Waals surface area contributed by atoms with Gasteiger partial charge in [0, 0.05) is 52.0 Å². The van der Waals surface area contributed by atoms with Crippen molar-refractivity contribution in [3.63, 3.8) is 0 Å². The molecule has 9 heteroatoms. The molecular formula is C24H27BrN6O2. The molecule has 3 aromatic heterocycles. The molecule has 1 fully saturated rings. The molecule has 1 saturated heterocycles. The third-order valence-corrected chi connectivity index (χ3v) is 6.61. The van der Waals surface area contributed by atoms with Crippen molar-refractivity contribution < 1.29 is 9.90 Å². The maximum atomic E-state index is 11.0. The molecule has 4 heterocycles. The fourth-order valence-corrected chi connectivity index (χ4v) is 4.77. The number of carbonyl (C=O) groups is 1. The molecule has 0 spiro atoms. The highest BCUT2D eigenvalue weighted by Gasteiger charge is 2.32. The van der Waals surface area contributed by atoms with Crippen LogP contribution in [-0.2, 0) is 5.41 Å². The maximum absolute atomic E-state index is 11.0. The molecule has 0 unspecified atom stereocenters. The number of nitriles is 1. The van der Waals surface area contributed by atoms with Crippen LogP contribution in [0.5, 0.6) is 0 Å². The van der Waals surface area contributed by atoms with Gasteiger partial charge < -0.3 is 15.3 Å². The molecule has 3 aromatic rings. The van der Waals surface area contributed by atoms with Crippen LogP contribution in [0.1, 0.15) is 51.8 Å². The molecule has 2 N–H and O–H groups in total. The number of halogens is 1. The van der Waals surface area contributed by atoms with Gasteiger partial charge in [0.25, 0.3) is 0 Å². The number of fused-ring (bicyclic) bond motifs is 1. The lowest BCUT2D eigenvalue weighted by molar-refractivity contribution is 0.173. The molecule has 8 nitrogen and oxygen atoms in total. The SMILES string of the molecule is CC1(NC(=O)O)CCN(c2ccc(-c3cc(Br)cn4nc(C(C)(C)C)c(C#N)c34)cn2)CC1. The molecule has 0 atom stereocenters. The predicted molar refractivity (Wildman–Crippen MR) is 131 cm³/mol. The average Bonchev–Trinajstić information content (AvgIpc) is 3.12. The van der Waals surface area contributed by atoms with Crippen molar-refractivity contribution in [2.45, 2.75) is 51.5 Å². The van der Waals surface area contributed by atoms with Crippen LogP contribution in [0.25, 0.3) is 16.6 Å². The van der Waals surface area contributed by atoms with E-state index in [1.165, 1.54) is 0 Å². The lowest BCUT2D eigenvalue weighted by Crippen LogP contribution is -2.53. The van der Waals surface area contributed by atoms with Crippen LogP contribution < -0.4 is 10.2 Å². The number of carboxylic acid groups (broad SMARTS) is 1. The number of piperidine rings is 1. The van der Waals surface area contributed by atoms with Crippen molar-refractivity contribution in [1.82, 2.24) is 19.9 Å². The van der Waals surface area contributed by atoms with E-state index in [1.807, 2.05) is 37.5 Å². The van der Waals surface area contributed by atoms with Crippen molar-refractivity contribution in [2.75, 3.05) is 18.0 Å². The third-order valence-electron chi connectivity index (χ3n) is 6.17. The summed E-state index contributed by atoms with van der Waals surface area (Å²) in [5.41, 5.74) is 3.23. The first-order valence-corrected chi connectivity index (χ1v) is 11.6. The zero-order valence-corrected chi connectivity index (χ0v) is 20.8. The molecule has 0 saturated carbocycles. The molecule has 4 rings (SSSR count). The van der Waals surface area contributed by atoms with Crippen molar-refractivity contribution in [2.24, 2.45) is 0 Å². The van der Waals surface area contributed by atoms with Crippen LogP contribution in [0.3, 0.4) is 0 Å². The number of amides is 1. The summed E-state index contributed by atoms with van der Waals surface area (Å²) in [6.07, 6.45) is 4.13. The van der Waals surface area contributed by atoms with Gasteiger partial charge in [-0.3, -0.25) is 0 Å². The summed E-state index contributed by atoms with van der Waals surface area (Å²) in [7, 11) is 0. The summed E-state index contributed by atoms with van der Waals surface area (Å²) in [6.45, 7) is 9.54. The van der Waals surface area contributed by atoms with E-state index in [0.29, 0.717) is 18.4 Å². The average molecular weight is 511 g/mol. The Kier molecular flexibility index (Phi) is 5.83. The van der Waals surface area contributed by atoms with Crippen LogP contribution in [-0.4, -0.2) is 44.4 Å². The summed E-state index contributed by atoms with van der Waals surface area (Å²) >= 11 is 3.57. The van der Waals surface area contributed by atoms with E-state index in [1.54, 1.807) is 4.52 Å². The van der Waals surface area contributed by atoms with Gasteiger partial charge in [-0.05, 0) is 53.9 Å². The number of pyridine rings is 2.